The topological polar surface area (TPSA) is 0 Å². The van der Waals surface area contributed by atoms with E-state index in [1.807, 2.05) is 13.0 Å². The Morgan fingerprint density at radius 1 is 1.03 bits per heavy atom. The van der Waals surface area contributed by atoms with Crippen LogP contribution in [0.25, 0.3) is 16.6 Å². The molecular weight excluding hydrogens is 393 g/mol. The number of allylic oxidation sites excluding steroid dienone is 3. The van der Waals surface area contributed by atoms with E-state index in [2.05, 4.69) is 19.1 Å². The lowest BCUT2D eigenvalue weighted by Crippen LogP contribution is -2.15. The second kappa shape index (κ2) is 11.5. The molecule has 1 fully saturated rings. The molecule has 0 heterocycles. The summed E-state index contributed by atoms with van der Waals surface area (Å²) in [6.45, 7) is 4.14. The normalized spacial score (nSPS) is 20.4. The Hall–Kier alpha value is -2.03. The molecule has 0 saturated heterocycles. The molecule has 0 radical (unpaired) electrons. The molecule has 0 unspecified atom stereocenters. The van der Waals surface area contributed by atoms with E-state index >= 15 is 0 Å². The van der Waals surface area contributed by atoms with Gasteiger partial charge in [0.25, 0.3) is 0 Å². The van der Waals surface area contributed by atoms with Crippen molar-refractivity contribution >= 4 is 16.6 Å². The Labute approximate surface area is 185 Å². The number of hydrogen-bond acceptors (Lipinski definition) is 0. The summed E-state index contributed by atoms with van der Waals surface area (Å²) in [4.78, 5) is 0. The molecule has 0 bridgehead atoms. The van der Waals surface area contributed by atoms with Gasteiger partial charge in [-0.05, 0) is 81.2 Å². The third-order valence-corrected chi connectivity index (χ3v) is 6.73. The van der Waals surface area contributed by atoms with Gasteiger partial charge in [-0.25, -0.2) is 13.2 Å². The summed E-state index contributed by atoms with van der Waals surface area (Å²) in [5, 5.41) is 1.09. The first-order chi connectivity index (χ1) is 15.0. The molecule has 0 aromatic heterocycles. The fourth-order valence-electron chi connectivity index (χ4n) is 4.75. The number of halogens is 3. The molecule has 2 aromatic carbocycles. The molecule has 2 aromatic rings. The van der Waals surface area contributed by atoms with Crippen LogP contribution in [0.1, 0.15) is 82.8 Å². The smallest absolute Gasteiger partial charge is 0.162 e. The molecular formula is C28H35F3. The number of hydrogen-bond donors (Lipinski definition) is 0. The molecule has 31 heavy (non-hydrogen) atoms. The van der Waals surface area contributed by atoms with Crippen LogP contribution in [0, 0.1) is 17.7 Å². The van der Waals surface area contributed by atoms with E-state index in [4.69, 9.17) is 0 Å². The van der Waals surface area contributed by atoms with E-state index in [1.165, 1.54) is 6.07 Å². The Balaban J connectivity index is 1.71. The van der Waals surface area contributed by atoms with Gasteiger partial charge in [0.1, 0.15) is 11.6 Å². The van der Waals surface area contributed by atoms with E-state index in [0.29, 0.717) is 41.5 Å². The highest BCUT2D eigenvalue weighted by Crippen LogP contribution is 2.39. The van der Waals surface area contributed by atoms with Gasteiger partial charge >= 0.3 is 0 Å². The van der Waals surface area contributed by atoms with E-state index < -0.39 is 11.7 Å². The highest BCUT2D eigenvalue weighted by molar-refractivity contribution is 5.87. The SMILES string of the molecule is C/C=C/CCC1CCC(C(F)=C(F)c2ccc3c(F)c(CCCCC)ccc3c2)CC1. The van der Waals surface area contributed by atoms with Gasteiger partial charge < -0.3 is 0 Å². The maximum absolute atomic E-state index is 15.0. The molecule has 0 aliphatic heterocycles. The second-order valence-electron chi connectivity index (χ2n) is 8.96. The van der Waals surface area contributed by atoms with Gasteiger partial charge in [0.2, 0.25) is 0 Å². The van der Waals surface area contributed by atoms with Gasteiger partial charge in [-0.2, -0.15) is 0 Å². The van der Waals surface area contributed by atoms with Gasteiger partial charge in [-0.1, -0.05) is 56.2 Å². The first-order valence-electron chi connectivity index (χ1n) is 11.9. The zero-order valence-corrected chi connectivity index (χ0v) is 18.9. The summed E-state index contributed by atoms with van der Waals surface area (Å²) >= 11 is 0. The lowest BCUT2D eigenvalue weighted by atomic mass is 9.79. The molecule has 0 N–H and O–H groups in total. The molecule has 0 atom stereocenters. The van der Waals surface area contributed by atoms with Crippen molar-refractivity contribution in [1.82, 2.24) is 0 Å². The van der Waals surface area contributed by atoms with Gasteiger partial charge in [-0.15, -0.1) is 0 Å². The molecule has 1 saturated carbocycles. The third kappa shape index (κ3) is 6.02. The van der Waals surface area contributed by atoms with E-state index in [-0.39, 0.29) is 17.3 Å². The van der Waals surface area contributed by atoms with Crippen LogP contribution in [-0.4, -0.2) is 0 Å². The van der Waals surface area contributed by atoms with Crippen LogP contribution in [0.5, 0.6) is 0 Å². The zero-order valence-electron chi connectivity index (χ0n) is 18.9. The molecule has 3 rings (SSSR count). The van der Waals surface area contributed by atoms with Gasteiger partial charge in [-0.3, -0.25) is 0 Å². The summed E-state index contributed by atoms with van der Waals surface area (Å²) in [6, 6.07) is 8.29. The van der Waals surface area contributed by atoms with Crippen LogP contribution in [0.3, 0.4) is 0 Å². The van der Waals surface area contributed by atoms with Crippen LogP contribution in [-0.2, 0) is 6.42 Å². The summed E-state index contributed by atoms with van der Waals surface area (Å²) in [5.41, 5.74) is 0.903. The maximum Gasteiger partial charge on any atom is 0.162 e. The number of rotatable bonds is 9. The van der Waals surface area contributed by atoms with Crippen LogP contribution in [0.4, 0.5) is 13.2 Å². The summed E-state index contributed by atoms with van der Waals surface area (Å²) in [5.74, 6) is -1.39. The lowest BCUT2D eigenvalue weighted by Gasteiger charge is -2.27. The number of benzene rings is 2. The quantitative estimate of drug-likeness (QED) is 0.275. The first-order valence-corrected chi connectivity index (χ1v) is 11.9. The van der Waals surface area contributed by atoms with Crippen LogP contribution >= 0.6 is 0 Å². The Kier molecular flexibility index (Phi) is 8.80. The average Bonchev–Trinajstić information content (AvgIpc) is 2.80. The Morgan fingerprint density at radius 2 is 1.81 bits per heavy atom. The highest BCUT2D eigenvalue weighted by atomic mass is 19.2. The fraction of sp³-hybridized carbons (Fsp3) is 0.500. The minimum atomic E-state index is -0.785. The Bertz CT molecular complexity index is 917. The van der Waals surface area contributed by atoms with Crippen molar-refractivity contribution < 1.29 is 13.2 Å². The van der Waals surface area contributed by atoms with Gasteiger partial charge in [0, 0.05) is 16.9 Å². The van der Waals surface area contributed by atoms with E-state index in [1.54, 1.807) is 18.2 Å². The van der Waals surface area contributed by atoms with Crippen molar-refractivity contribution in [2.24, 2.45) is 11.8 Å². The average molecular weight is 429 g/mol. The van der Waals surface area contributed by atoms with Gasteiger partial charge in [0.15, 0.2) is 5.83 Å². The maximum atomic E-state index is 15.0. The first kappa shape index (κ1) is 23.6. The summed E-state index contributed by atoms with van der Waals surface area (Å²) < 4.78 is 44.8. The molecule has 1 aliphatic rings. The van der Waals surface area contributed by atoms with Crippen molar-refractivity contribution in [2.75, 3.05) is 0 Å². The minimum absolute atomic E-state index is 0.207. The molecule has 0 amide bonds. The number of aryl methyl sites for hydroxylation is 1. The lowest BCUT2D eigenvalue weighted by molar-refractivity contribution is 0.263. The largest absolute Gasteiger partial charge is 0.208 e. The zero-order chi connectivity index (χ0) is 22.2. The summed E-state index contributed by atoms with van der Waals surface area (Å²) in [6.07, 6.45) is 13.5. The van der Waals surface area contributed by atoms with Gasteiger partial charge in [0.05, 0.1) is 0 Å². The van der Waals surface area contributed by atoms with Crippen LogP contribution in [0.2, 0.25) is 0 Å². The van der Waals surface area contributed by atoms with Crippen molar-refractivity contribution in [3.05, 3.63) is 65.3 Å². The van der Waals surface area contributed by atoms with Crippen LogP contribution < -0.4 is 0 Å². The molecule has 0 spiro atoms. The summed E-state index contributed by atoms with van der Waals surface area (Å²) in [7, 11) is 0. The van der Waals surface area contributed by atoms with Crippen molar-refractivity contribution in [2.45, 2.75) is 78.1 Å². The van der Waals surface area contributed by atoms with Crippen molar-refractivity contribution in [3.63, 3.8) is 0 Å². The molecule has 168 valence electrons. The predicted molar refractivity (Wildman–Crippen MR) is 126 cm³/mol. The monoisotopic (exact) mass is 428 g/mol. The molecule has 1 aliphatic carbocycles. The predicted octanol–water partition coefficient (Wildman–Crippen LogP) is 9.48. The van der Waals surface area contributed by atoms with Crippen LogP contribution in [0.15, 0.2) is 48.3 Å². The standard InChI is InChI=1S/C28H35F3/c1-3-5-7-9-20-11-13-22(14-12-20)27(30)28(31)24-17-18-25-23(19-24)16-15-21(26(25)29)10-8-6-4-2/h3,5,15-20,22H,4,6-14H2,1-2H3/b5-3+,28-27?. The molecule has 0 nitrogen and oxygen atoms in total. The molecule has 3 heteroatoms. The second-order valence-corrected chi connectivity index (χ2v) is 8.96. The third-order valence-electron chi connectivity index (χ3n) is 6.73. The number of fused-ring (bicyclic) bond motifs is 1. The highest BCUT2D eigenvalue weighted by Gasteiger charge is 2.26. The Morgan fingerprint density at radius 3 is 2.52 bits per heavy atom. The number of unbranched alkanes of at least 4 members (excludes halogenated alkanes) is 2. The fourth-order valence-corrected chi connectivity index (χ4v) is 4.75. The minimum Gasteiger partial charge on any atom is -0.208 e. The van der Waals surface area contributed by atoms with Crippen molar-refractivity contribution in [1.29, 1.82) is 0 Å². The van der Waals surface area contributed by atoms with E-state index in [0.717, 1.165) is 44.9 Å². The van der Waals surface area contributed by atoms with E-state index in [9.17, 15) is 13.2 Å². The van der Waals surface area contributed by atoms with Crippen molar-refractivity contribution in [3.8, 4) is 0 Å².